The van der Waals surface area contributed by atoms with E-state index >= 15 is 0 Å². The van der Waals surface area contributed by atoms with Crippen LogP contribution >= 0.6 is 0 Å². The van der Waals surface area contributed by atoms with Crippen LogP contribution in [0.15, 0.2) is 0 Å². The molecule has 0 heterocycles. The van der Waals surface area contributed by atoms with Crippen LogP contribution in [0.3, 0.4) is 0 Å². The molecule has 0 rings (SSSR count). The predicted molar refractivity (Wildman–Crippen MR) is 104 cm³/mol. The number of unbranched alkanes of at least 4 members (excludes halogenated alkanes) is 1. The van der Waals surface area contributed by atoms with Gasteiger partial charge in [0.15, 0.2) is 0 Å². The predicted octanol–water partition coefficient (Wildman–Crippen LogP) is -4.10. The van der Waals surface area contributed by atoms with Gasteiger partial charge in [0.1, 0.15) is 18.1 Å². The average molecular weight is 518 g/mol. The molecule has 8 N–H and O–H groups in total. The molecular formula is C17H29N6O7Y-. The van der Waals surface area contributed by atoms with Gasteiger partial charge in [-0.25, -0.2) is 0 Å². The van der Waals surface area contributed by atoms with Gasteiger partial charge in [0, 0.05) is 39.6 Å². The van der Waals surface area contributed by atoms with Gasteiger partial charge in [-0.05, 0) is 32.7 Å². The van der Waals surface area contributed by atoms with Crippen molar-refractivity contribution in [2.75, 3.05) is 19.7 Å². The van der Waals surface area contributed by atoms with Crippen LogP contribution in [0.1, 0.15) is 33.1 Å². The van der Waals surface area contributed by atoms with E-state index in [9.17, 15) is 33.9 Å². The molecule has 0 aromatic carbocycles. The summed E-state index contributed by atoms with van der Waals surface area (Å²) in [6, 6.07) is -3.39. The second-order valence-corrected chi connectivity index (χ2v) is 6.44. The number of nitrogens with two attached hydrogens (primary N) is 1. The second-order valence-electron chi connectivity index (χ2n) is 6.44. The van der Waals surface area contributed by atoms with Crippen molar-refractivity contribution in [2.24, 2.45) is 5.73 Å². The Kier molecular flexibility index (Phi) is 17.6. The van der Waals surface area contributed by atoms with Crippen molar-refractivity contribution >= 4 is 35.9 Å². The minimum Gasteiger partial charge on any atom is -0.530 e. The first kappa shape index (κ1) is 31.1. The van der Waals surface area contributed by atoms with Gasteiger partial charge in [0.05, 0.1) is 13.2 Å². The number of primary amides is 1. The maximum Gasteiger partial charge on any atom is 0.245 e. The summed E-state index contributed by atoms with van der Waals surface area (Å²) in [4.78, 5) is 68.6. The molecule has 0 saturated carbocycles. The number of aliphatic hydroxyl groups excluding tert-OH is 1. The van der Waals surface area contributed by atoms with Crippen LogP contribution in [0, 0.1) is 0 Å². The standard InChI is InChI=1S/C17H29N6O7.Y/c1-10(15(28)20-7-14(18)27)21-17(30)13(8-24)23-16(29)12(22-11(2)26)5-3-4-6-19-9-25;/h10,12-13,24H,3-8H2,1-2H3,(H2,18,27)(H,19,25)(H,20,28)(H,21,30)(H,22,26)(H,23,29);/q-1;/t10-,12-,13-;/m0./s1. The Morgan fingerprint density at radius 2 is 1.58 bits per heavy atom. The monoisotopic (exact) mass is 518 g/mol. The quantitative estimate of drug-likeness (QED) is 0.0647. The fourth-order valence-corrected chi connectivity index (χ4v) is 2.30. The third-order valence-corrected chi connectivity index (χ3v) is 3.82. The summed E-state index contributed by atoms with van der Waals surface area (Å²) in [7, 11) is 0. The SMILES string of the molecule is CC(=O)N[C@@H](CCCCN[C-]=O)C(=O)N[C@@H](CO)C(=O)N[C@@H](C)C(=O)NCC(N)=O.[Y]. The molecule has 0 aromatic heterocycles. The normalized spacial score (nSPS) is 12.7. The molecule has 0 aromatic rings. The molecule has 14 heteroatoms. The van der Waals surface area contributed by atoms with Crippen LogP contribution in [0.4, 0.5) is 0 Å². The van der Waals surface area contributed by atoms with E-state index in [1.165, 1.54) is 20.3 Å². The van der Waals surface area contributed by atoms with Gasteiger partial charge >= 0.3 is 0 Å². The first-order valence-corrected chi connectivity index (χ1v) is 9.27. The van der Waals surface area contributed by atoms with Gasteiger partial charge in [0.25, 0.3) is 0 Å². The zero-order valence-corrected chi connectivity index (χ0v) is 20.4. The van der Waals surface area contributed by atoms with Crippen molar-refractivity contribution < 1.29 is 66.6 Å². The van der Waals surface area contributed by atoms with Crippen molar-refractivity contribution in [3.05, 3.63) is 0 Å². The third-order valence-electron chi connectivity index (χ3n) is 3.82. The summed E-state index contributed by atoms with van der Waals surface area (Å²) >= 11 is 0. The topological polar surface area (TPSA) is 209 Å². The zero-order chi connectivity index (χ0) is 23.1. The van der Waals surface area contributed by atoms with E-state index < -0.39 is 60.8 Å². The number of aliphatic hydroxyl groups is 1. The minimum absolute atomic E-state index is 0. The van der Waals surface area contributed by atoms with Crippen molar-refractivity contribution in [2.45, 2.75) is 51.2 Å². The Labute approximate surface area is 205 Å². The molecule has 31 heavy (non-hydrogen) atoms. The maximum atomic E-state index is 12.4. The van der Waals surface area contributed by atoms with E-state index in [-0.39, 0.29) is 39.1 Å². The van der Waals surface area contributed by atoms with Gasteiger partial charge in [-0.3, -0.25) is 24.0 Å². The molecule has 0 aliphatic rings. The van der Waals surface area contributed by atoms with Gasteiger partial charge in [-0.15, -0.1) is 0 Å². The van der Waals surface area contributed by atoms with Crippen molar-refractivity contribution in [1.82, 2.24) is 26.6 Å². The zero-order valence-electron chi connectivity index (χ0n) is 17.5. The van der Waals surface area contributed by atoms with E-state index in [2.05, 4.69) is 26.6 Å². The molecule has 0 aliphatic carbocycles. The molecule has 3 atom stereocenters. The molecule has 6 amide bonds. The summed E-state index contributed by atoms with van der Waals surface area (Å²) in [6.45, 7) is 1.77. The van der Waals surface area contributed by atoms with E-state index in [4.69, 9.17) is 5.73 Å². The molecule has 0 fully saturated rings. The Morgan fingerprint density at radius 1 is 0.968 bits per heavy atom. The fourth-order valence-electron chi connectivity index (χ4n) is 2.30. The van der Waals surface area contributed by atoms with Gasteiger partial charge in [-0.2, -0.15) is 6.41 Å². The van der Waals surface area contributed by atoms with Crippen LogP contribution in [0.2, 0.25) is 0 Å². The number of hydrogen-bond donors (Lipinski definition) is 7. The van der Waals surface area contributed by atoms with E-state index in [1.54, 1.807) is 0 Å². The van der Waals surface area contributed by atoms with Gasteiger partial charge in [0.2, 0.25) is 29.5 Å². The van der Waals surface area contributed by atoms with Crippen LogP contribution in [-0.4, -0.2) is 78.9 Å². The van der Waals surface area contributed by atoms with Crippen LogP contribution in [0.25, 0.3) is 0 Å². The van der Waals surface area contributed by atoms with Crippen molar-refractivity contribution in [3.8, 4) is 0 Å². The molecule has 173 valence electrons. The first-order valence-electron chi connectivity index (χ1n) is 9.27. The number of carbonyl (C=O) groups excluding carboxylic acids is 6. The van der Waals surface area contributed by atoms with Crippen LogP contribution < -0.4 is 32.3 Å². The second kappa shape index (κ2) is 17.6. The van der Waals surface area contributed by atoms with Gasteiger partial charge in [-0.1, -0.05) is 0 Å². The summed E-state index contributed by atoms with van der Waals surface area (Å²) in [5.41, 5.74) is 4.92. The van der Waals surface area contributed by atoms with Crippen LogP contribution in [0.5, 0.6) is 0 Å². The molecule has 1 radical (unpaired) electrons. The summed E-state index contributed by atoms with van der Waals surface area (Å²) in [5.74, 6) is -3.42. The molecular weight excluding hydrogens is 489 g/mol. The molecule has 0 spiro atoms. The smallest absolute Gasteiger partial charge is 0.245 e. The number of hydrogen-bond acceptors (Lipinski definition) is 7. The van der Waals surface area contributed by atoms with E-state index in [0.717, 1.165) is 0 Å². The Bertz CT molecular complexity index is 634. The molecule has 0 bridgehead atoms. The molecule has 0 saturated heterocycles. The molecule has 0 unspecified atom stereocenters. The number of carbonyl (C=O) groups is 5. The first-order chi connectivity index (χ1) is 14.1. The van der Waals surface area contributed by atoms with Crippen molar-refractivity contribution in [3.63, 3.8) is 0 Å². The summed E-state index contributed by atoms with van der Waals surface area (Å²) in [5, 5.41) is 21.1. The average Bonchev–Trinajstić information content (AvgIpc) is 2.68. The Hall–Kier alpha value is -2.12. The van der Waals surface area contributed by atoms with Crippen molar-refractivity contribution in [1.29, 1.82) is 0 Å². The van der Waals surface area contributed by atoms with E-state index in [1.807, 2.05) is 0 Å². The number of nitrogens with one attached hydrogen (secondary N) is 5. The molecule has 13 nitrogen and oxygen atoms in total. The molecule has 0 aliphatic heterocycles. The van der Waals surface area contributed by atoms with E-state index in [0.29, 0.717) is 19.4 Å². The Balaban J connectivity index is 0. The minimum atomic E-state index is -1.37. The number of amides is 6. The van der Waals surface area contributed by atoms with Gasteiger partial charge < -0.3 is 42.2 Å². The fraction of sp³-hybridized carbons (Fsp3) is 0.647. The maximum absolute atomic E-state index is 12.4. The largest absolute Gasteiger partial charge is 0.530 e. The summed E-state index contributed by atoms with van der Waals surface area (Å²) in [6.07, 6.45) is 2.78. The van der Waals surface area contributed by atoms with Crippen LogP contribution in [-0.2, 0) is 61.5 Å². The number of rotatable bonds is 15. The summed E-state index contributed by atoms with van der Waals surface area (Å²) < 4.78 is 0. The Morgan fingerprint density at radius 3 is 2.10 bits per heavy atom. The third kappa shape index (κ3) is 14.5.